The van der Waals surface area contributed by atoms with Crippen LogP contribution in [-0.4, -0.2) is 30.6 Å². The van der Waals surface area contributed by atoms with Gasteiger partial charge in [-0.2, -0.15) is 0 Å². The molecule has 4 nitrogen and oxygen atoms in total. The zero-order chi connectivity index (χ0) is 14.7. The summed E-state index contributed by atoms with van der Waals surface area (Å²) in [5.74, 6) is -2.79. The second-order valence-electron chi connectivity index (χ2n) is 4.70. The predicted molar refractivity (Wildman–Crippen MR) is 76.2 cm³/mol. The summed E-state index contributed by atoms with van der Waals surface area (Å²) in [6, 6.07) is 17.1. The fourth-order valence-electron chi connectivity index (χ4n) is 2.34. The minimum Gasteiger partial charge on any atom is -0.335 e. The van der Waals surface area contributed by atoms with Crippen LogP contribution in [0.5, 0.6) is 0 Å². The number of carbonyl (C=O) groups excluding carboxylic acids is 2. The molecule has 4 heteroatoms. The van der Waals surface area contributed by atoms with E-state index in [9.17, 15) is 9.59 Å². The molecule has 0 radical (unpaired) electrons. The summed E-state index contributed by atoms with van der Waals surface area (Å²) in [6.45, 7) is 0.439. The fraction of sp³-hybridized carbons (Fsp3) is 0.176. The molecule has 1 aliphatic heterocycles. The summed E-state index contributed by atoms with van der Waals surface area (Å²) in [6.07, 6.45) is 0. The molecule has 0 aromatic heterocycles. The molecule has 21 heavy (non-hydrogen) atoms. The van der Waals surface area contributed by atoms with E-state index in [4.69, 9.17) is 9.47 Å². The minimum absolute atomic E-state index is 0.219. The average molecular weight is 282 g/mol. The molecule has 0 saturated carbocycles. The van der Waals surface area contributed by atoms with Crippen molar-refractivity contribution in [3.63, 3.8) is 0 Å². The van der Waals surface area contributed by atoms with Gasteiger partial charge in [-0.05, 0) is 0 Å². The molecule has 1 aliphatic rings. The lowest BCUT2D eigenvalue weighted by molar-refractivity contribution is -0.0883. The monoisotopic (exact) mass is 282 g/mol. The van der Waals surface area contributed by atoms with Crippen LogP contribution in [0.1, 0.15) is 20.7 Å². The molecule has 1 heterocycles. The Morgan fingerprint density at radius 1 is 0.714 bits per heavy atom. The number of carbonyl (C=O) groups is 2. The van der Waals surface area contributed by atoms with Gasteiger partial charge in [0.05, 0.1) is 13.2 Å². The first-order valence-electron chi connectivity index (χ1n) is 6.72. The lowest BCUT2D eigenvalue weighted by Gasteiger charge is -2.24. The van der Waals surface area contributed by atoms with Crippen LogP contribution < -0.4 is 0 Å². The van der Waals surface area contributed by atoms with Gasteiger partial charge in [0.1, 0.15) is 0 Å². The summed E-state index contributed by atoms with van der Waals surface area (Å²) in [5.41, 5.74) is 0.785. The number of benzene rings is 2. The highest BCUT2D eigenvalue weighted by Crippen LogP contribution is 2.28. The molecular weight excluding hydrogens is 268 g/mol. The van der Waals surface area contributed by atoms with Crippen molar-refractivity contribution in [2.75, 3.05) is 13.2 Å². The molecule has 0 N–H and O–H groups in total. The second-order valence-corrected chi connectivity index (χ2v) is 4.70. The molecule has 1 fully saturated rings. The van der Waals surface area contributed by atoms with Crippen LogP contribution in [0.15, 0.2) is 60.7 Å². The van der Waals surface area contributed by atoms with Gasteiger partial charge in [-0.3, -0.25) is 9.59 Å². The van der Waals surface area contributed by atoms with E-state index >= 15 is 0 Å². The molecule has 0 amide bonds. The lowest BCUT2D eigenvalue weighted by Crippen LogP contribution is -2.48. The highest BCUT2D eigenvalue weighted by molar-refractivity contribution is 6.21. The average Bonchev–Trinajstić information content (AvgIpc) is 3.06. The number of Topliss-reactive ketones (excluding diaryl/α,β-unsaturated/α-hetero) is 2. The van der Waals surface area contributed by atoms with Gasteiger partial charge in [0.15, 0.2) is 0 Å². The van der Waals surface area contributed by atoms with E-state index in [0.717, 1.165) is 0 Å². The van der Waals surface area contributed by atoms with E-state index < -0.39 is 17.4 Å². The van der Waals surface area contributed by atoms with Crippen molar-refractivity contribution in [2.24, 2.45) is 0 Å². The lowest BCUT2D eigenvalue weighted by atomic mass is 9.95. The maximum absolute atomic E-state index is 12.7. The van der Waals surface area contributed by atoms with Gasteiger partial charge in [0, 0.05) is 11.1 Å². The molecule has 106 valence electrons. The maximum atomic E-state index is 12.7. The third-order valence-electron chi connectivity index (χ3n) is 3.36. The number of ether oxygens (including phenoxy) is 2. The molecule has 0 unspecified atom stereocenters. The molecule has 0 spiro atoms. The minimum atomic E-state index is -1.86. The van der Waals surface area contributed by atoms with Crippen molar-refractivity contribution in [1.82, 2.24) is 0 Å². The standard InChI is InChI=1S/C17H14O4/c18-15(13-7-3-1-4-8-13)17(20-11-12-21-17)16(19)14-9-5-2-6-10-14/h1-10H,11-12H2. The van der Waals surface area contributed by atoms with E-state index in [1.54, 1.807) is 60.7 Å². The summed E-state index contributed by atoms with van der Waals surface area (Å²) >= 11 is 0. The molecule has 2 aromatic carbocycles. The van der Waals surface area contributed by atoms with Crippen molar-refractivity contribution in [2.45, 2.75) is 5.79 Å². The number of hydrogen-bond donors (Lipinski definition) is 0. The van der Waals surface area contributed by atoms with Gasteiger partial charge in [-0.25, -0.2) is 0 Å². The Bertz CT molecular complexity index is 590. The Labute approximate surface area is 122 Å². The molecule has 0 atom stereocenters. The third-order valence-corrected chi connectivity index (χ3v) is 3.36. The molecular formula is C17H14O4. The van der Waals surface area contributed by atoms with Gasteiger partial charge < -0.3 is 9.47 Å². The Morgan fingerprint density at radius 2 is 1.10 bits per heavy atom. The van der Waals surface area contributed by atoms with E-state index in [2.05, 4.69) is 0 Å². The van der Waals surface area contributed by atoms with E-state index in [1.165, 1.54) is 0 Å². The van der Waals surface area contributed by atoms with E-state index in [-0.39, 0.29) is 13.2 Å². The quantitative estimate of drug-likeness (QED) is 0.638. The molecule has 0 bridgehead atoms. The zero-order valence-electron chi connectivity index (χ0n) is 11.3. The molecule has 2 aromatic rings. The van der Waals surface area contributed by atoms with Gasteiger partial charge in [-0.1, -0.05) is 60.7 Å². The van der Waals surface area contributed by atoms with Crippen molar-refractivity contribution < 1.29 is 19.1 Å². The Kier molecular flexibility index (Phi) is 3.64. The Hall–Kier alpha value is -2.30. The van der Waals surface area contributed by atoms with E-state index in [0.29, 0.717) is 11.1 Å². The smallest absolute Gasteiger partial charge is 0.300 e. The SMILES string of the molecule is O=C(c1ccccc1)C1(C(=O)c2ccccc2)OCCO1. The van der Waals surface area contributed by atoms with Crippen LogP contribution in [0, 0.1) is 0 Å². The summed E-state index contributed by atoms with van der Waals surface area (Å²) in [5, 5.41) is 0. The van der Waals surface area contributed by atoms with Crippen LogP contribution in [-0.2, 0) is 9.47 Å². The largest absolute Gasteiger partial charge is 0.335 e. The number of hydrogen-bond acceptors (Lipinski definition) is 4. The van der Waals surface area contributed by atoms with Crippen LogP contribution >= 0.6 is 0 Å². The summed E-state index contributed by atoms with van der Waals surface area (Å²) < 4.78 is 10.9. The molecule has 3 rings (SSSR count). The van der Waals surface area contributed by atoms with Crippen LogP contribution in [0.3, 0.4) is 0 Å². The molecule has 1 saturated heterocycles. The van der Waals surface area contributed by atoms with Gasteiger partial charge in [-0.15, -0.1) is 0 Å². The summed E-state index contributed by atoms with van der Waals surface area (Å²) in [7, 11) is 0. The first kappa shape index (κ1) is 13.7. The van der Waals surface area contributed by atoms with Crippen LogP contribution in [0.4, 0.5) is 0 Å². The van der Waals surface area contributed by atoms with Crippen LogP contribution in [0.25, 0.3) is 0 Å². The Balaban J connectivity index is 2.01. The fourth-order valence-corrected chi connectivity index (χ4v) is 2.34. The van der Waals surface area contributed by atoms with Gasteiger partial charge in [0.2, 0.25) is 11.6 Å². The van der Waals surface area contributed by atoms with Crippen molar-refractivity contribution in [3.8, 4) is 0 Å². The van der Waals surface area contributed by atoms with Crippen molar-refractivity contribution >= 4 is 11.6 Å². The second kappa shape index (κ2) is 5.60. The third kappa shape index (κ3) is 2.39. The van der Waals surface area contributed by atoms with Gasteiger partial charge in [0.25, 0.3) is 5.79 Å². The zero-order valence-corrected chi connectivity index (χ0v) is 11.3. The highest BCUT2D eigenvalue weighted by atomic mass is 16.7. The normalized spacial score (nSPS) is 16.6. The van der Waals surface area contributed by atoms with Crippen molar-refractivity contribution in [3.05, 3.63) is 71.8 Å². The first-order chi connectivity index (χ1) is 10.2. The summed E-state index contributed by atoms with van der Waals surface area (Å²) in [4.78, 5) is 25.4. The Morgan fingerprint density at radius 3 is 1.48 bits per heavy atom. The topological polar surface area (TPSA) is 52.6 Å². The van der Waals surface area contributed by atoms with Crippen LogP contribution in [0.2, 0.25) is 0 Å². The highest BCUT2D eigenvalue weighted by Gasteiger charge is 2.52. The first-order valence-corrected chi connectivity index (χ1v) is 6.72. The predicted octanol–water partition coefficient (Wildman–Crippen LogP) is 2.50. The van der Waals surface area contributed by atoms with Crippen molar-refractivity contribution in [1.29, 1.82) is 0 Å². The number of rotatable bonds is 4. The maximum Gasteiger partial charge on any atom is 0.300 e. The number of ketones is 2. The van der Waals surface area contributed by atoms with E-state index in [1.807, 2.05) is 0 Å². The van der Waals surface area contributed by atoms with Gasteiger partial charge >= 0.3 is 0 Å². The molecule has 0 aliphatic carbocycles.